The van der Waals surface area contributed by atoms with Crippen LogP contribution in [0.1, 0.15) is 0 Å². The maximum absolute atomic E-state index is 5.12. The van der Waals surface area contributed by atoms with E-state index >= 15 is 0 Å². The Morgan fingerprint density at radius 1 is 0.522 bits per heavy atom. The highest BCUT2D eigenvalue weighted by atomic mass is 16.3. The third kappa shape index (κ3) is 4.14. The molecule has 1 N–H and O–H groups in total. The van der Waals surface area contributed by atoms with Gasteiger partial charge in [0.05, 0.1) is 12.5 Å². The third-order valence-electron chi connectivity index (χ3n) is 3.22. The molecule has 0 fully saturated rings. The van der Waals surface area contributed by atoms with Crippen LogP contribution in [0.4, 0.5) is 0 Å². The van der Waals surface area contributed by atoms with Crippen molar-refractivity contribution in [2.75, 3.05) is 0 Å². The van der Waals surface area contributed by atoms with Gasteiger partial charge in [-0.3, -0.25) is 0 Å². The monoisotopic (exact) mass is 303 g/mol. The quantitative estimate of drug-likeness (QED) is 0.388. The van der Waals surface area contributed by atoms with Gasteiger partial charge in [-0.05, 0) is 36.4 Å². The van der Waals surface area contributed by atoms with Gasteiger partial charge in [-0.1, -0.05) is 36.4 Å². The Bertz CT molecular complexity index is 789. The zero-order valence-corrected chi connectivity index (χ0v) is 12.6. The number of benzene rings is 2. The van der Waals surface area contributed by atoms with Crippen LogP contribution >= 0.6 is 0 Å². The number of aromatic amines is 1. The molecule has 114 valence electrons. The van der Waals surface area contributed by atoms with E-state index in [2.05, 4.69) is 4.98 Å². The number of hydrogen-bond donors (Lipinski definition) is 1. The van der Waals surface area contributed by atoms with Crippen LogP contribution in [-0.2, 0) is 0 Å². The molecule has 23 heavy (non-hydrogen) atoms. The van der Waals surface area contributed by atoms with Crippen LogP contribution in [0.15, 0.2) is 107 Å². The first kappa shape index (κ1) is 14.7. The van der Waals surface area contributed by atoms with Crippen molar-refractivity contribution in [3.05, 3.63) is 97.7 Å². The Kier molecular flexibility index (Phi) is 4.93. The van der Waals surface area contributed by atoms with Crippen molar-refractivity contribution < 1.29 is 8.83 Å². The number of fused-ring (bicyclic) bond motifs is 2. The van der Waals surface area contributed by atoms with E-state index in [9.17, 15) is 0 Å². The van der Waals surface area contributed by atoms with E-state index in [1.54, 1.807) is 12.5 Å². The van der Waals surface area contributed by atoms with Crippen molar-refractivity contribution >= 4 is 21.9 Å². The van der Waals surface area contributed by atoms with Crippen molar-refractivity contribution in [2.24, 2.45) is 0 Å². The lowest BCUT2D eigenvalue weighted by Crippen LogP contribution is -1.57. The summed E-state index contributed by atoms with van der Waals surface area (Å²) in [6.45, 7) is 0. The first-order valence-electron chi connectivity index (χ1n) is 7.36. The average Bonchev–Trinajstić information content (AvgIpc) is 3.37. The van der Waals surface area contributed by atoms with Crippen LogP contribution in [0.3, 0.4) is 0 Å². The highest BCUT2D eigenvalue weighted by molar-refractivity contribution is 5.77. The molecule has 0 spiro atoms. The zero-order valence-electron chi connectivity index (χ0n) is 12.6. The number of para-hydroxylation sites is 2. The summed E-state index contributed by atoms with van der Waals surface area (Å²) in [5, 5.41) is 2.33. The van der Waals surface area contributed by atoms with E-state index in [1.807, 2.05) is 85.2 Å². The highest BCUT2D eigenvalue weighted by Crippen LogP contribution is 2.13. The predicted octanol–water partition coefficient (Wildman–Crippen LogP) is 5.88. The Morgan fingerprint density at radius 2 is 1.00 bits per heavy atom. The van der Waals surface area contributed by atoms with Crippen LogP contribution in [0, 0.1) is 0 Å². The molecule has 5 aromatic rings. The summed E-state index contributed by atoms with van der Waals surface area (Å²) in [5.74, 6) is 0. The molecule has 3 aromatic heterocycles. The minimum atomic E-state index is 0.956. The first-order chi connectivity index (χ1) is 11.4. The minimum absolute atomic E-state index is 0.956. The van der Waals surface area contributed by atoms with Gasteiger partial charge in [-0.2, -0.15) is 0 Å². The molecule has 0 aliphatic carbocycles. The maximum Gasteiger partial charge on any atom is 0.133 e. The Hall–Kier alpha value is -3.20. The lowest BCUT2D eigenvalue weighted by Gasteiger charge is -1.81. The summed E-state index contributed by atoms with van der Waals surface area (Å²) in [6.07, 6.45) is 7.15. The van der Waals surface area contributed by atoms with E-state index in [4.69, 9.17) is 8.83 Å². The number of furan rings is 2. The van der Waals surface area contributed by atoms with Gasteiger partial charge in [0.2, 0.25) is 0 Å². The first-order valence-corrected chi connectivity index (χ1v) is 7.36. The summed E-state index contributed by atoms with van der Waals surface area (Å²) in [7, 11) is 0. The lowest BCUT2D eigenvalue weighted by molar-refractivity contribution is 0.615. The molecule has 0 atom stereocenters. The molecular weight excluding hydrogens is 286 g/mol. The molecule has 0 aliphatic heterocycles. The molecule has 0 unspecified atom stereocenters. The van der Waals surface area contributed by atoms with Gasteiger partial charge in [-0.25, -0.2) is 0 Å². The van der Waals surface area contributed by atoms with Crippen LogP contribution in [0.25, 0.3) is 21.9 Å². The minimum Gasteiger partial charge on any atom is -0.464 e. The molecule has 3 heteroatoms. The SMILES string of the molecule is c1cc[nH]c1.c1ccc2occc2c1.c1ccc2occc2c1. The van der Waals surface area contributed by atoms with Gasteiger partial charge in [0.1, 0.15) is 11.2 Å². The number of hydrogen-bond acceptors (Lipinski definition) is 2. The topological polar surface area (TPSA) is 42.1 Å². The number of H-pyrrole nitrogens is 1. The Labute approximate surface area is 134 Å². The largest absolute Gasteiger partial charge is 0.464 e. The molecule has 0 bridgehead atoms. The van der Waals surface area contributed by atoms with Gasteiger partial charge in [-0.15, -0.1) is 0 Å². The van der Waals surface area contributed by atoms with E-state index in [1.165, 1.54) is 0 Å². The van der Waals surface area contributed by atoms with Crippen LogP contribution in [0.5, 0.6) is 0 Å². The summed E-state index contributed by atoms with van der Waals surface area (Å²) in [4.78, 5) is 2.86. The predicted molar refractivity (Wildman–Crippen MR) is 93.2 cm³/mol. The molecular formula is C20H17NO2. The Balaban J connectivity index is 0.000000107. The van der Waals surface area contributed by atoms with Crippen molar-refractivity contribution in [3.8, 4) is 0 Å². The van der Waals surface area contributed by atoms with Gasteiger partial charge in [0.15, 0.2) is 0 Å². The number of aromatic nitrogens is 1. The fourth-order valence-corrected chi connectivity index (χ4v) is 2.09. The molecule has 0 saturated carbocycles. The number of rotatable bonds is 0. The summed E-state index contributed by atoms with van der Waals surface area (Å²) < 4.78 is 10.2. The standard InChI is InChI=1S/2C8H6O.C4H5N/c2*1-2-4-8-7(3-1)5-6-9-8;1-2-4-5-3-1/h2*1-6H;1-5H. The normalized spacial score (nSPS) is 9.74. The second-order valence-corrected chi connectivity index (χ2v) is 4.80. The van der Waals surface area contributed by atoms with Crippen LogP contribution in [-0.4, -0.2) is 4.98 Å². The van der Waals surface area contributed by atoms with Gasteiger partial charge < -0.3 is 13.8 Å². The van der Waals surface area contributed by atoms with E-state index in [0.717, 1.165) is 21.9 Å². The molecule has 2 aromatic carbocycles. The fraction of sp³-hybridized carbons (Fsp3) is 0. The maximum atomic E-state index is 5.12. The Morgan fingerprint density at radius 3 is 1.39 bits per heavy atom. The molecule has 3 nitrogen and oxygen atoms in total. The van der Waals surface area contributed by atoms with Gasteiger partial charge in [0, 0.05) is 23.2 Å². The van der Waals surface area contributed by atoms with Gasteiger partial charge in [0.25, 0.3) is 0 Å². The molecule has 0 aliphatic rings. The summed E-state index contributed by atoms with van der Waals surface area (Å²) >= 11 is 0. The van der Waals surface area contributed by atoms with Crippen molar-refractivity contribution in [1.29, 1.82) is 0 Å². The second-order valence-electron chi connectivity index (χ2n) is 4.80. The summed E-state index contributed by atoms with van der Waals surface area (Å²) in [5.41, 5.74) is 1.91. The van der Waals surface area contributed by atoms with E-state index < -0.39 is 0 Å². The van der Waals surface area contributed by atoms with E-state index in [0.29, 0.717) is 0 Å². The lowest BCUT2D eigenvalue weighted by atomic mass is 10.3. The zero-order chi connectivity index (χ0) is 15.7. The van der Waals surface area contributed by atoms with Crippen molar-refractivity contribution in [2.45, 2.75) is 0 Å². The van der Waals surface area contributed by atoms with E-state index in [-0.39, 0.29) is 0 Å². The highest BCUT2D eigenvalue weighted by Gasteiger charge is 1.90. The number of nitrogens with one attached hydrogen (secondary N) is 1. The summed E-state index contributed by atoms with van der Waals surface area (Å²) in [6, 6.07) is 23.7. The fourth-order valence-electron chi connectivity index (χ4n) is 2.09. The molecule has 0 saturated heterocycles. The van der Waals surface area contributed by atoms with Crippen molar-refractivity contribution in [1.82, 2.24) is 4.98 Å². The molecule has 5 rings (SSSR count). The van der Waals surface area contributed by atoms with Gasteiger partial charge >= 0.3 is 0 Å². The third-order valence-corrected chi connectivity index (χ3v) is 3.22. The molecule has 0 amide bonds. The average molecular weight is 303 g/mol. The second kappa shape index (κ2) is 7.71. The van der Waals surface area contributed by atoms with Crippen LogP contribution in [0.2, 0.25) is 0 Å². The molecule has 0 radical (unpaired) electrons. The van der Waals surface area contributed by atoms with Crippen LogP contribution < -0.4 is 0 Å². The van der Waals surface area contributed by atoms with Crippen molar-refractivity contribution in [3.63, 3.8) is 0 Å². The smallest absolute Gasteiger partial charge is 0.133 e. The molecule has 3 heterocycles.